The van der Waals surface area contributed by atoms with Crippen LogP contribution >= 0.6 is 0 Å². The Bertz CT molecular complexity index is 577. The largest absolute Gasteiger partial charge is 0.494 e. The van der Waals surface area contributed by atoms with E-state index in [1.807, 2.05) is 38.1 Å². The minimum absolute atomic E-state index is 0.376. The highest BCUT2D eigenvalue weighted by Crippen LogP contribution is 2.23. The summed E-state index contributed by atoms with van der Waals surface area (Å²) in [6.07, 6.45) is -1.43. The molecule has 0 aromatic heterocycles. The first kappa shape index (κ1) is 17.3. The molecule has 2 unspecified atom stereocenters. The SMILES string of the molecule is CCOc1ccc(CC(O)C(O)c2ccc(OCC)cc2)cc1. The molecule has 0 saturated heterocycles. The standard InChI is InChI=1S/C19H24O4/c1-3-22-16-9-5-14(6-10-16)13-18(20)19(21)15-7-11-17(12-8-15)23-4-2/h5-12,18-21H,3-4,13H2,1-2H3. The maximum absolute atomic E-state index is 10.3. The quantitative estimate of drug-likeness (QED) is 0.785. The summed E-state index contributed by atoms with van der Waals surface area (Å²) in [5.41, 5.74) is 1.62. The van der Waals surface area contributed by atoms with Gasteiger partial charge in [-0.15, -0.1) is 0 Å². The molecule has 23 heavy (non-hydrogen) atoms. The second-order valence-corrected chi connectivity index (χ2v) is 5.30. The number of benzene rings is 2. The average molecular weight is 316 g/mol. The van der Waals surface area contributed by atoms with E-state index in [1.165, 1.54) is 0 Å². The van der Waals surface area contributed by atoms with E-state index < -0.39 is 12.2 Å². The molecule has 2 rings (SSSR count). The lowest BCUT2D eigenvalue weighted by Gasteiger charge is -2.19. The van der Waals surface area contributed by atoms with Gasteiger partial charge >= 0.3 is 0 Å². The molecule has 0 radical (unpaired) electrons. The molecular weight excluding hydrogens is 292 g/mol. The number of aliphatic hydroxyl groups is 2. The van der Waals surface area contributed by atoms with Crippen molar-refractivity contribution >= 4 is 0 Å². The van der Waals surface area contributed by atoms with Gasteiger partial charge in [-0.3, -0.25) is 0 Å². The summed E-state index contributed by atoms with van der Waals surface area (Å²) in [4.78, 5) is 0. The number of rotatable bonds is 8. The average Bonchev–Trinajstić information content (AvgIpc) is 2.57. The number of hydrogen-bond donors (Lipinski definition) is 2. The van der Waals surface area contributed by atoms with Crippen LogP contribution in [0.25, 0.3) is 0 Å². The summed E-state index contributed by atoms with van der Waals surface area (Å²) in [5.74, 6) is 1.56. The molecule has 2 aromatic rings. The van der Waals surface area contributed by atoms with Crippen molar-refractivity contribution in [2.75, 3.05) is 13.2 Å². The fourth-order valence-corrected chi connectivity index (χ4v) is 2.39. The van der Waals surface area contributed by atoms with Gasteiger partial charge in [-0.05, 0) is 49.2 Å². The Morgan fingerprint density at radius 3 is 1.74 bits per heavy atom. The lowest BCUT2D eigenvalue weighted by Crippen LogP contribution is -2.20. The highest BCUT2D eigenvalue weighted by Gasteiger charge is 2.18. The van der Waals surface area contributed by atoms with E-state index in [1.54, 1.807) is 24.3 Å². The van der Waals surface area contributed by atoms with Gasteiger partial charge in [0.05, 0.1) is 19.3 Å². The molecule has 0 amide bonds. The number of hydrogen-bond acceptors (Lipinski definition) is 4. The predicted octanol–water partition coefficient (Wildman–Crippen LogP) is 3.12. The number of aliphatic hydroxyl groups excluding tert-OH is 2. The van der Waals surface area contributed by atoms with E-state index in [0.717, 1.165) is 17.1 Å². The second-order valence-electron chi connectivity index (χ2n) is 5.30. The fraction of sp³-hybridized carbons (Fsp3) is 0.368. The molecule has 0 heterocycles. The Balaban J connectivity index is 1.97. The molecule has 124 valence electrons. The maximum atomic E-state index is 10.3. The zero-order valence-electron chi connectivity index (χ0n) is 13.6. The maximum Gasteiger partial charge on any atom is 0.119 e. The van der Waals surface area contributed by atoms with Crippen LogP contribution in [-0.2, 0) is 6.42 Å². The van der Waals surface area contributed by atoms with Crippen LogP contribution in [0.2, 0.25) is 0 Å². The summed E-state index contributed by atoms with van der Waals surface area (Å²) in [6, 6.07) is 14.7. The first-order valence-electron chi connectivity index (χ1n) is 7.94. The minimum Gasteiger partial charge on any atom is -0.494 e. The normalized spacial score (nSPS) is 13.4. The zero-order chi connectivity index (χ0) is 16.7. The van der Waals surface area contributed by atoms with Gasteiger partial charge in [0.15, 0.2) is 0 Å². The van der Waals surface area contributed by atoms with Gasteiger partial charge < -0.3 is 19.7 Å². The molecule has 0 aliphatic carbocycles. The Labute approximate surface area is 137 Å². The smallest absolute Gasteiger partial charge is 0.119 e. The van der Waals surface area contributed by atoms with Gasteiger partial charge in [-0.1, -0.05) is 24.3 Å². The molecule has 4 heteroatoms. The molecule has 0 fully saturated rings. The highest BCUT2D eigenvalue weighted by molar-refractivity contribution is 5.30. The van der Waals surface area contributed by atoms with Crippen molar-refractivity contribution < 1.29 is 19.7 Å². The summed E-state index contributed by atoms with van der Waals surface area (Å²) >= 11 is 0. The van der Waals surface area contributed by atoms with E-state index in [2.05, 4.69) is 0 Å². The third kappa shape index (κ3) is 4.98. The van der Waals surface area contributed by atoms with Gasteiger partial charge in [0.25, 0.3) is 0 Å². The van der Waals surface area contributed by atoms with Crippen molar-refractivity contribution in [2.45, 2.75) is 32.5 Å². The molecule has 4 nitrogen and oxygen atoms in total. The highest BCUT2D eigenvalue weighted by atomic mass is 16.5. The topological polar surface area (TPSA) is 58.9 Å². The molecule has 0 spiro atoms. The van der Waals surface area contributed by atoms with E-state index in [4.69, 9.17) is 9.47 Å². The lowest BCUT2D eigenvalue weighted by molar-refractivity contribution is 0.0189. The Hall–Kier alpha value is -2.04. The molecule has 0 saturated carbocycles. The summed E-state index contributed by atoms with van der Waals surface area (Å²) in [7, 11) is 0. The molecule has 2 atom stereocenters. The van der Waals surface area contributed by atoms with Crippen molar-refractivity contribution in [2.24, 2.45) is 0 Å². The van der Waals surface area contributed by atoms with Crippen molar-refractivity contribution in [3.05, 3.63) is 59.7 Å². The van der Waals surface area contributed by atoms with E-state index >= 15 is 0 Å². The Kier molecular flexibility index (Phi) is 6.44. The molecule has 2 N–H and O–H groups in total. The zero-order valence-corrected chi connectivity index (χ0v) is 13.6. The minimum atomic E-state index is -0.933. The summed E-state index contributed by atoms with van der Waals surface area (Å²) in [6.45, 7) is 5.08. The molecule has 0 aliphatic heterocycles. The monoisotopic (exact) mass is 316 g/mol. The van der Waals surface area contributed by atoms with E-state index in [0.29, 0.717) is 25.2 Å². The van der Waals surface area contributed by atoms with Crippen LogP contribution in [0, 0.1) is 0 Å². The lowest BCUT2D eigenvalue weighted by atomic mass is 9.98. The Morgan fingerprint density at radius 2 is 1.26 bits per heavy atom. The van der Waals surface area contributed by atoms with E-state index in [-0.39, 0.29) is 0 Å². The van der Waals surface area contributed by atoms with Crippen LogP contribution < -0.4 is 9.47 Å². The van der Waals surface area contributed by atoms with Crippen molar-refractivity contribution in [3.63, 3.8) is 0 Å². The van der Waals surface area contributed by atoms with Crippen LogP contribution in [-0.4, -0.2) is 29.5 Å². The molecule has 2 aromatic carbocycles. The summed E-state index contributed by atoms with van der Waals surface area (Å²) < 4.78 is 10.8. The third-order valence-corrected chi connectivity index (χ3v) is 3.58. The van der Waals surface area contributed by atoms with Gasteiger partial charge in [0.2, 0.25) is 0 Å². The van der Waals surface area contributed by atoms with Crippen LogP contribution in [0.4, 0.5) is 0 Å². The van der Waals surface area contributed by atoms with Crippen LogP contribution in [0.1, 0.15) is 31.1 Å². The first-order valence-corrected chi connectivity index (χ1v) is 7.94. The van der Waals surface area contributed by atoms with Crippen molar-refractivity contribution in [1.29, 1.82) is 0 Å². The number of ether oxygens (including phenoxy) is 2. The van der Waals surface area contributed by atoms with E-state index in [9.17, 15) is 10.2 Å². The summed E-state index contributed by atoms with van der Waals surface area (Å²) in [5, 5.41) is 20.6. The second kappa shape index (κ2) is 8.56. The van der Waals surface area contributed by atoms with Gasteiger partial charge in [-0.25, -0.2) is 0 Å². The molecule has 0 aliphatic rings. The van der Waals surface area contributed by atoms with Crippen molar-refractivity contribution in [1.82, 2.24) is 0 Å². The van der Waals surface area contributed by atoms with Gasteiger partial charge in [0.1, 0.15) is 17.6 Å². The third-order valence-electron chi connectivity index (χ3n) is 3.58. The van der Waals surface area contributed by atoms with Gasteiger partial charge in [-0.2, -0.15) is 0 Å². The van der Waals surface area contributed by atoms with Crippen molar-refractivity contribution in [3.8, 4) is 11.5 Å². The van der Waals surface area contributed by atoms with Crippen LogP contribution in [0.3, 0.4) is 0 Å². The Morgan fingerprint density at radius 1 is 0.783 bits per heavy atom. The van der Waals surface area contributed by atoms with Crippen LogP contribution in [0.5, 0.6) is 11.5 Å². The first-order chi connectivity index (χ1) is 11.1. The predicted molar refractivity (Wildman–Crippen MR) is 89.9 cm³/mol. The molecule has 0 bridgehead atoms. The molecular formula is C19H24O4. The fourth-order valence-electron chi connectivity index (χ4n) is 2.39. The van der Waals surface area contributed by atoms with Gasteiger partial charge in [0, 0.05) is 6.42 Å². The van der Waals surface area contributed by atoms with Crippen LogP contribution in [0.15, 0.2) is 48.5 Å².